The number of amides is 1. The fourth-order valence-electron chi connectivity index (χ4n) is 5.85. The third-order valence-corrected chi connectivity index (χ3v) is 9.76. The van der Waals surface area contributed by atoms with Gasteiger partial charge in [0, 0.05) is 62.8 Å². The van der Waals surface area contributed by atoms with Gasteiger partial charge in [-0.3, -0.25) is 4.90 Å². The fourth-order valence-corrected chi connectivity index (χ4v) is 7.02. The van der Waals surface area contributed by atoms with Crippen LogP contribution in [-0.4, -0.2) is 99.3 Å². The van der Waals surface area contributed by atoms with E-state index in [0.29, 0.717) is 28.7 Å². The Labute approximate surface area is 288 Å². The van der Waals surface area contributed by atoms with E-state index in [2.05, 4.69) is 48.4 Å². The second kappa shape index (κ2) is 15.1. The summed E-state index contributed by atoms with van der Waals surface area (Å²) in [5.41, 5.74) is 1.77. The summed E-state index contributed by atoms with van der Waals surface area (Å²) in [7, 11) is -0.257. The number of methoxy groups -OCH3 is 1. The van der Waals surface area contributed by atoms with Gasteiger partial charge in [0.15, 0.2) is 5.82 Å². The van der Waals surface area contributed by atoms with E-state index in [9.17, 15) is 13.2 Å². The van der Waals surface area contributed by atoms with Gasteiger partial charge in [-0.2, -0.15) is 4.98 Å². The van der Waals surface area contributed by atoms with Gasteiger partial charge in [0.25, 0.3) is 0 Å². The molecule has 0 atom stereocenters. The maximum atomic E-state index is 12.8. The molecule has 2 aromatic carbocycles. The van der Waals surface area contributed by atoms with Crippen LogP contribution in [0.3, 0.4) is 0 Å². The number of likely N-dealkylation sites (N-methyl/N-ethyl adjacent to an activating group) is 1. The van der Waals surface area contributed by atoms with Gasteiger partial charge in [-0.1, -0.05) is 29.8 Å². The average molecular weight is 701 g/mol. The first-order valence-corrected chi connectivity index (χ1v) is 18.0. The van der Waals surface area contributed by atoms with Crippen molar-refractivity contribution in [3.63, 3.8) is 0 Å². The largest absolute Gasteiger partial charge is 0.494 e. The third-order valence-electron chi connectivity index (χ3n) is 8.31. The van der Waals surface area contributed by atoms with Crippen LogP contribution in [0.2, 0.25) is 5.02 Å². The summed E-state index contributed by atoms with van der Waals surface area (Å²) in [5.74, 6) is 0.686. The van der Waals surface area contributed by atoms with Gasteiger partial charge in [0.2, 0.25) is 16.0 Å². The summed E-state index contributed by atoms with van der Waals surface area (Å²) >= 11 is 6.45. The first kappa shape index (κ1) is 35.5. The molecule has 2 fully saturated rings. The standard InChI is InChI=1S/C33H45ClN8O5S/c1-33(2,3)47-32(43)39-48(44,45)22-23-8-6-7-9-27(23)36-30-26(34)21-35-31(38-30)37-28-11-10-25(20-29(28)46-5)41-14-12-24(13-15-41)42-18-16-40(4)17-19-42/h6-11,20-21,24H,12-19,22H2,1-5H3,(H,39,43)(H2,35,36,37,38). The highest BCUT2D eigenvalue weighted by molar-refractivity contribution is 7.89. The zero-order valence-electron chi connectivity index (χ0n) is 28.1. The summed E-state index contributed by atoms with van der Waals surface area (Å²) in [4.78, 5) is 28.4. The molecule has 0 radical (unpaired) electrons. The first-order valence-electron chi connectivity index (χ1n) is 16.0. The lowest BCUT2D eigenvalue weighted by Crippen LogP contribution is -2.52. The molecule has 0 spiro atoms. The van der Waals surface area contributed by atoms with E-state index in [0.717, 1.165) is 57.8 Å². The van der Waals surface area contributed by atoms with Crippen molar-refractivity contribution < 1.29 is 22.7 Å². The average Bonchev–Trinajstić information content (AvgIpc) is 3.03. The maximum absolute atomic E-state index is 12.8. The highest BCUT2D eigenvalue weighted by Crippen LogP contribution is 2.34. The number of carbonyl (C=O) groups excluding carboxylic acids is 1. The van der Waals surface area contributed by atoms with E-state index in [1.54, 1.807) is 52.1 Å². The Hall–Kier alpha value is -3.85. The van der Waals surface area contributed by atoms with Crippen molar-refractivity contribution in [2.45, 2.75) is 51.0 Å². The molecule has 3 N–H and O–H groups in total. The summed E-state index contributed by atoms with van der Waals surface area (Å²) in [6.45, 7) is 11.5. The highest BCUT2D eigenvalue weighted by atomic mass is 35.5. The molecule has 0 saturated carbocycles. The molecule has 0 aliphatic carbocycles. The monoisotopic (exact) mass is 700 g/mol. The topological polar surface area (TPSA) is 141 Å². The minimum absolute atomic E-state index is 0.229. The minimum Gasteiger partial charge on any atom is -0.494 e. The molecule has 0 bridgehead atoms. The predicted molar refractivity (Wildman–Crippen MR) is 189 cm³/mol. The SMILES string of the molecule is COc1cc(N2CCC(N3CCN(C)CC3)CC2)ccc1Nc1ncc(Cl)c(Nc2ccccc2CS(=O)(=O)NC(=O)OC(C)(C)C)n1. The van der Waals surface area contributed by atoms with Gasteiger partial charge in [-0.25, -0.2) is 22.9 Å². The van der Waals surface area contributed by atoms with E-state index in [4.69, 9.17) is 21.1 Å². The number of benzene rings is 2. The molecule has 3 aromatic rings. The number of hydrogen-bond acceptors (Lipinski definition) is 12. The van der Waals surface area contributed by atoms with Crippen molar-refractivity contribution >= 4 is 56.5 Å². The fraction of sp³-hybridized carbons (Fsp3) is 0.485. The molecule has 3 heterocycles. The smallest absolute Gasteiger partial charge is 0.421 e. The van der Waals surface area contributed by atoms with Crippen LogP contribution in [0.5, 0.6) is 5.75 Å². The van der Waals surface area contributed by atoms with Crippen LogP contribution in [0.1, 0.15) is 39.2 Å². The summed E-state index contributed by atoms with van der Waals surface area (Å²) in [6, 6.07) is 13.4. The number of nitrogens with zero attached hydrogens (tertiary/aromatic N) is 5. The number of carbonyl (C=O) groups is 1. The normalized spacial score (nSPS) is 16.8. The summed E-state index contributed by atoms with van der Waals surface area (Å²) < 4.78 is 38.4. The van der Waals surface area contributed by atoms with Crippen LogP contribution >= 0.6 is 11.6 Å². The van der Waals surface area contributed by atoms with Crippen molar-refractivity contribution in [2.75, 3.05) is 69.0 Å². The molecule has 2 saturated heterocycles. The number of nitrogens with one attached hydrogen (secondary N) is 3. The molecule has 1 amide bonds. The number of piperidine rings is 1. The molecule has 15 heteroatoms. The van der Waals surface area contributed by atoms with Crippen molar-refractivity contribution in [3.05, 3.63) is 59.2 Å². The molecular weight excluding hydrogens is 656 g/mol. The van der Waals surface area contributed by atoms with Gasteiger partial charge in [-0.05, 0) is 64.4 Å². The molecule has 2 aliphatic heterocycles. The predicted octanol–water partition coefficient (Wildman–Crippen LogP) is 5.20. The molecule has 13 nitrogen and oxygen atoms in total. The van der Waals surface area contributed by atoms with E-state index in [1.807, 2.05) is 16.9 Å². The Kier molecular flexibility index (Phi) is 11.2. The quantitative estimate of drug-likeness (QED) is 0.256. The number of piperazine rings is 1. The lowest BCUT2D eigenvalue weighted by molar-refractivity contribution is 0.0570. The number of rotatable bonds is 10. The number of halogens is 1. The first-order chi connectivity index (χ1) is 22.8. The van der Waals surface area contributed by atoms with Crippen molar-refractivity contribution in [1.82, 2.24) is 24.5 Å². The number of para-hydroxylation sites is 1. The number of sulfonamides is 1. The second-order valence-electron chi connectivity index (χ2n) is 13.1. The number of aromatic nitrogens is 2. The third kappa shape index (κ3) is 9.62. The summed E-state index contributed by atoms with van der Waals surface area (Å²) in [6.07, 6.45) is 2.68. The van der Waals surface area contributed by atoms with Crippen LogP contribution in [0.4, 0.5) is 33.6 Å². The Balaban J connectivity index is 1.24. The second-order valence-corrected chi connectivity index (χ2v) is 15.2. The molecular formula is C33H45ClN8O5S. The van der Waals surface area contributed by atoms with Gasteiger partial charge in [-0.15, -0.1) is 0 Å². The lowest BCUT2D eigenvalue weighted by atomic mass is 10.0. The zero-order valence-corrected chi connectivity index (χ0v) is 29.7. The van der Waals surface area contributed by atoms with E-state index >= 15 is 0 Å². The van der Waals surface area contributed by atoms with Gasteiger partial charge < -0.3 is 29.9 Å². The number of anilines is 5. The molecule has 1 aromatic heterocycles. The van der Waals surface area contributed by atoms with E-state index in [1.165, 1.54) is 6.20 Å². The summed E-state index contributed by atoms with van der Waals surface area (Å²) in [5, 5.41) is 6.57. The minimum atomic E-state index is -4.07. The van der Waals surface area contributed by atoms with E-state index < -0.39 is 27.5 Å². The van der Waals surface area contributed by atoms with Gasteiger partial charge >= 0.3 is 6.09 Å². The van der Waals surface area contributed by atoms with Crippen LogP contribution in [0, 0.1) is 0 Å². The molecule has 0 unspecified atom stereocenters. The van der Waals surface area contributed by atoms with Crippen molar-refractivity contribution in [3.8, 4) is 5.75 Å². The van der Waals surface area contributed by atoms with Crippen LogP contribution in [0.25, 0.3) is 0 Å². The Morgan fingerprint density at radius 1 is 1.00 bits per heavy atom. The maximum Gasteiger partial charge on any atom is 0.421 e. The Bertz CT molecular complexity index is 1690. The lowest BCUT2D eigenvalue weighted by Gasteiger charge is -2.42. The van der Waals surface area contributed by atoms with Crippen LogP contribution in [0.15, 0.2) is 48.7 Å². The Morgan fingerprint density at radius 2 is 1.71 bits per heavy atom. The van der Waals surface area contributed by atoms with E-state index in [-0.39, 0.29) is 16.8 Å². The van der Waals surface area contributed by atoms with Crippen molar-refractivity contribution in [1.29, 1.82) is 0 Å². The number of hydrogen-bond donors (Lipinski definition) is 3. The zero-order chi connectivity index (χ0) is 34.5. The van der Waals surface area contributed by atoms with Gasteiger partial charge in [0.1, 0.15) is 16.4 Å². The van der Waals surface area contributed by atoms with Gasteiger partial charge in [0.05, 0.1) is 24.7 Å². The molecule has 5 rings (SSSR count). The Morgan fingerprint density at radius 3 is 2.40 bits per heavy atom. The van der Waals surface area contributed by atoms with Crippen LogP contribution in [-0.2, 0) is 20.5 Å². The molecule has 2 aliphatic rings. The highest BCUT2D eigenvalue weighted by Gasteiger charge is 2.27. The molecule has 48 heavy (non-hydrogen) atoms. The molecule has 260 valence electrons. The van der Waals surface area contributed by atoms with Crippen LogP contribution < -0.4 is 25.0 Å². The number of ether oxygens (including phenoxy) is 2. The van der Waals surface area contributed by atoms with Crippen molar-refractivity contribution in [2.24, 2.45) is 0 Å².